The Hall–Kier alpha value is -2.05. The minimum absolute atomic E-state index is 0.103. The van der Waals surface area contributed by atoms with Crippen LogP contribution in [-0.4, -0.2) is 49.4 Å². The summed E-state index contributed by atoms with van der Waals surface area (Å²) in [6.07, 6.45) is -0.103. The zero-order valence-electron chi connectivity index (χ0n) is 16.1. The predicted octanol–water partition coefficient (Wildman–Crippen LogP) is 3.11. The molecule has 0 aliphatic carbocycles. The van der Waals surface area contributed by atoms with Gasteiger partial charge in [0.2, 0.25) is 0 Å². The third-order valence-corrected chi connectivity index (χ3v) is 5.73. The number of allylic oxidation sites excluding steroid dienone is 1. The van der Waals surface area contributed by atoms with Crippen molar-refractivity contribution in [1.29, 1.82) is 0 Å². The summed E-state index contributed by atoms with van der Waals surface area (Å²) in [5, 5.41) is 0.520. The second-order valence-corrected chi connectivity index (χ2v) is 7.55. The van der Waals surface area contributed by atoms with Crippen molar-refractivity contribution in [3.8, 4) is 0 Å². The molecule has 0 saturated carbocycles. The number of ether oxygens (including phenoxy) is 3. The van der Waals surface area contributed by atoms with Crippen LogP contribution >= 0.6 is 11.6 Å². The van der Waals surface area contributed by atoms with E-state index in [1.54, 1.807) is 18.2 Å². The molecule has 0 bridgehead atoms. The van der Waals surface area contributed by atoms with Crippen LogP contribution in [0, 0.1) is 5.92 Å². The lowest BCUT2D eigenvalue weighted by atomic mass is 9.71. The minimum atomic E-state index is -0.943. The van der Waals surface area contributed by atoms with Gasteiger partial charge in [-0.3, -0.25) is 4.79 Å². The number of nitrogens with zero attached hydrogens (tertiary/aromatic N) is 1. The molecule has 2 aliphatic rings. The molecule has 2 aliphatic heterocycles. The number of hydrogen-bond donors (Lipinski definition) is 0. The van der Waals surface area contributed by atoms with Gasteiger partial charge in [-0.1, -0.05) is 23.7 Å². The van der Waals surface area contributed by atoms with Gasteiger partial charge in [0.1, 0.15) is 5.92 Å². The van der Waals surface area contributed by atoms with E-state index < -0.39 is 29.5 Å². The summed E-state index contributed by atoms with van der Waals surface area (Å²) in [5.41, 5.74) is 0.951. The molecule has 146 valence electrons. The van der Waals surface area contributed by atoms with Crippen molar-refractivity contribution in [2.45, 2.75) is 38.5 Å². The van der Waals surface area contributed by atoms with Crippen LogP contribution in [0.4, 0.5) is 0 Å². The molecule has 1 saturated heterocycles. The van der Waals surface area contributed by atoms with Gasteiger partial charge in [-0.2, -0.15) is 0 Å². The average molecular weight is 394 g/mol. The van der Waals surface area contributed by atoms with Gasteiger partial charge >= 0.3 is 11.9 Å². The molecule has 27 heavy (non-hydrogen) atoms. The summed E-state index contributed by atoms with van der Waals surface area (Å²) >= 11 is 6.20. The fraction of sp³-hybridized carbons (Fsp3) is 0.500. The number of rotatable bonds is 3. The van der Waals surface area contributed by atoms with Crippen molar-refractivity contribution in [2.24, 2.45) is 5.92 Å². The third-order valence-electron chi connectivity index (χ3n) is 5.50. The Bertz CT molecular complexity index is 807. The van der Waals surface area contributed by atoms with E-state index in [9.17, 15) is 9.59 Å². The molecule has 1 aromatic rings. The van der Waals surface area contributed by atoms with Crippen LogP contribution in [0.25, 0.3) is 0 Å². The summed E-state index contributed by atoms with van der Waals surface area (Å²) in [6.45, 7) is 6.24. The standard InChI is InChI=1S/C20H24ClNO5/c1-11-10-22-12(2)15(18(23)25-4)16(13-7-6-8-14(21)9-13)17(19(24)26-5)20(22,3)27-11/h6-9,11,16-17H,10H2,1-5H3/t11-,16+,17+,20-/m1/s1. The van der Waals surface area contributed by atoms with Crippen molar-refractivity contribution in [1.82, 2.24) is 4.90 Å². The maximum atomic E-state index is 12.9. The number of halogens is 1. The van der Waals surface area contributed by atoms with Gasteiger partial charge in [-0.05, 0) is 38.5 Å². The maximum absolute atomic E-state index is 12.9. The zero-order valence-corrected chi connectivity index (χ0v) is 16.9. The van der Waals surface area contributed by atoms with Gasteiger partial charge in [-0.15, -0.1) is 0 Å². The highest BCUT2D eigenvalue weighted by atomic mass is 35.5. The maximum Gasteiger partial charge on any atom is 0.336 e. The summed E-state index contributed by atoms with van der Waals surface area (Å²) < 4.78 is 16.4. The van der Waals surface area contributed by atoms with Crippen molar-refractivity contribution < 1.29 is 23.8 Å². The van der Waals surface area contributed by atoms with Gasteiger partial charge in [0.25, 0.3) is 0 Å². The molecule has 4 atom stereocenters. The van der Waals surface area contributed by atoms with E-state index in [0.29, 0.717) is 17.1 Å². The minimum Gasteiger partial charge on any atom is -0.469 e. The van der Waals surface area contributed by atoms with E-state index in [-0.39, 0.29) is 6.10 Å². The smallest absolute Gasteiger partial charge is 0.336 e. The average Bonchev–Trinajstić information content (AvgIpc) is 2.95. The van der Waals surface area contributed by atoms with E-state index in [1.165, 1.54) is 14.2 Å². The molecule has 0 amide bonds. The van der Waals surface area contributed by atoms with Crippen LogP contribution in [0.1, 0.15) is 32.3 Å². The Morgan fingerprint density at radius 2 is 2.00 bits per heavy atom. The van der Waals surface area contributed by atoms with E-state index in [4.69, 9.17) is 25.8 Å². The monoisotopic (exact) mass is 393 g/mol. The number of benzene rings is 1. The highest BCUT2D eigenvalue weighted by Crippen LogP contribution is 2.52. The molecule has 0 radical (unpaired) electrons. The molecule has 2 heterocycles. The molecular weight excluding hydrogens is 370 g/mol. The molecule has 1 aromatic carbocycles. The van der Waals surface area contributed by atoms with Crippen LogP contribution in [-0.2, 0) is 23.8 Å². The largest absolute Gasteiger partial charge is 0.469 e. The topological polar surface area (TPSA) is 65.1 Å². The number of methoxy groups -OCH3 is 2. The molecule has 0 unspecified atom stereocenters. The number of carbonyl (C=O) groups excluding carboxylic acids is 2. The Kier molecular flexibility index (Phi) is 5.23. The molecule has 7 heteroatoms. The third kappa shape index (κ3) is 3.11. The Labute approximate surface area is 164 Å². The summed E-state index contributed by atoms with van der Waals surface area (Å²) in [7, 11) is 2.67. The van der Waals surface area contributed by atoms with Gasteiger partial charge in [0.15, 0.2) is 5.72 Å². The Balaban J connectivity index is 2.30. The van der Waals surface area contributed by atoms with Crippen molar-refractivity contribution in [3.05, 3.63) is 46.1 Å². The normalized spacial score (nSPS) is 30.1. The van der Waals surface area contributed by atoms with Crippen LogP contribution < -0.4 is 0 Å². The lowest BCUT2D eigenvalue weighted by molar-refractivity contribution is -0.175. The molecule has 3 rings (SSSR count). The van der Waals surface area contributed by atoms with Gasteiger partial charge in [0, 0.05) is 23.2 Å². The molecule has 1 fully saturated rings. The summed E-state index contributed by atoms with van der Waals surface area (Å²) in [4.78, 5) is 27.6. The zero-order chi connectivity index (χ0) is 19.9. The number of carbonyl (C=O) groups is 2. The van der Waals surface area contributed by atoms with Crippen LogP contribution in [0.5, 0.6) is 0 Å². The number of esters is 2. The van der Waals surface area contributed by atoms with Crippen molar-refractivity contribution >= 4 is 23.5 Å². The first-order valence-corrected chi connectivity index (χ1v) is 9.20. The predicted molar refractivity (Wildman–Crippen MR) is 100 cm³/mol. The first kappa shape index (κ1) is 19.7. The molecular formula is C20H24ClNO5. The van der Waals surface area contributed by atoms with Crippen LogP contribution in [0.15, 0.2) is 35.5 Å². The Morgan fingerprint density at radius 3 is 2.59 bits per heavy atom. The molecule has 0 aromatic heterocycles. The molecule has 0 N–H and O–H groups in total. The lowest BCUT2D eigenvalue weighted by Crippen LogP contribution is -2.57. The molecule has 6 nitrogen and oxygen atoms in total. The summed E-state index contributed by atoms with van der Waals surface area (Å²) in [6, 6.07) is 7.15. The second kappa shape index (κ2) is 7.17. The van der Waals surface area contributed by atoms with E-state index in [0.717, 1.165) is 11.3 Å². The van der Waals surface area contributed by atoms with Crippen molar-refractivity contribution in [2.75, 3.05) is 20.8 Å². The summed E-state index contributed by atoms with van der Waals surface area (Å²) in [5.74, 6) is -2.29. The first-order valence-electron chi connectivity index (χ1n) is 8.82. The fourth-order valence-electron chi connectivity index (χ4n) is 4.43. The van der Waals surface area contributed by atoms with Crippen LogP contribution in [0.2, 0.25) is 5.02 Å². The van der Waals surface area contributed by atoms with Crippen molar-refractivity contribution in [3.63, 3.8) is 0 Å². The fourth-order valence-corrected chi connectivity index (χ4v) is 4.63. The van der Waals surface area contributed by atoms with E-state index in [2.05, 4.69) is 0 Å². The lowest BCUT2D eigenvalue weighted by Gasteiger charge is -2.48. The number of fused-ring (bicyclic) bond motifs is 1. The quantitative estimate of drug-likeness (QED) is 0.735. The number of hydrogen-bond acceptors (Lipinski definition) is 6. The van der Waals surface area contributed by atoms with Gasteiger partial charge in [-0.25, -0.2) is 4.79 Å². The Morgan fingerprint density at radius 1 is 1.30 bits per heavy atom. The SMILES string of the molecule is COC(=O)C1=C(C)N2C[C@@H](C)O[C@]2(C)[C@H](C(=O)OC)[C@H]1c1cccc(Cl)c1. The van der Waals surface area contributed by atoms with Gasteiger partial charge < -0.3 is 19.1 Å². The van der Waals surface area contributed by atoms with Crippen LogP contribution in [0.3, 0.4) is 0 Å². The highest BCUT2D eigenvalue weighted by Gasteiger charge is 2.59. The second-order valence-electron chi connectivity index (χ2n) is 7.12. The highest BCUT2D eigenvalue weighted by molar-refractivity contribution is 6.30. The van der Waals surface area contributed by atoms with E-state index >= 15 is 0 Å². The molecule has 0 spiro atoms. The van der Waals surface area contributed by atoms with E-state index in [1.807, 2.05) is 31.7 Å². The van der Waals surface area contributed by atoms with Gasteiger partial charge in [0.05, 0.1) is 25.9 Å². The first-order chi connectivity index (χ1) is 12.7.